The minimum atomic E-state index is 0.0917. The van der Waals surface area contributed by atoms with Crippen LogP contribution in [0.15, 0.2) is 17.5 Å². The number of hydrogen-bond donors (Lipinski definition) is 1. The first-order valence-electron chi connectivity index (χ1n) is 8.45. The van der Waals surface area contributed by atoms with Gasteiger partial charge in [-0.3, -0.25) is 9.69 Å². The average Bonchev–Trinajstić information content (AvgIpc) is 3.09. The summed E-state index contributed by atoms with van der Waals surface area (Å²) >= 11 is 1.52. The summed E-state index contributed by atoms with van der Waals surface area (Å²) in [6.45, 7) is 5.34. The molecule has 1 aromatic heterocycles. The number of thiophene rings is 1. The van der Waals surface area contributed by atoms with E-state index in [1.54, 1.807) is 0 Å². The molecule has 1 aromatic rings. The molecule has 0 atom stereocenters. The number of hydrogen-bond acceptors (Lipinski definition) is 4. The maximum Gasteiger partial charge on any atom is 0.261 e. The number of carbonyl (C=O) groups is 1. The lowest BCUT2D eigenvalue weighted by Gasteiger charge is -2.49. The maximum absolute atomic E-state index is 12.3. The average molecular weight is 321 g/mol. The van der Waals surface area contributed by atoms with Crippen molar-refractivity contribution < 1.29 is 4.79 Å². The molecule has 2 aliphatic rings. The number of carbonyl (C=O) groups excluding carboxylic acids is 1. The molecule has 0 unspecified atom stereocenters. The van der Waals surface area contributed by atoms with Crippen LogP contribution in [0.4, 0.5) is 0 Å². The van der Waals surface area contributed by atoms with Gasteiger partial charge in [-0.05, 0) is 31.3 Å². The van der Waals surface area contributed by atoms with E-state index in [9.17, 15) is 4.79 Å². The molecule has 22 heavy (non-hydrogen) atoms. The van der Waals surface area contributed by atoms with Gasteiger partial charge in [0.15, 0.2) is 0 Å². The lowest BCUT2D eigenvalue weighted by atomic mass is 9.79. The second kappa shape index (κ2) is 7.11. The summed E-state index contributed by atoms with van der Waals surface area (Å²) in [5, 5.41) is 5.18. The summed E-state index contributed by atoms with van der Waals surface area (Å²) in [5.74, 6) is 0.0917. The van der Waals surface area contributed by atoms with Crippen molar-refractivity contribution in [2.75, 3.05) is 39.8 Å². The molecule has 4 nitrogen and oxygen atoms in total. The van der Waals surface area contributed by atoms with Gasteiger partial charge in [0.25, 0.3) is 5.91 Å². The van der Waals surface area contributed by atoms with Crippen LogP contribution in [0.5, 0.6) is 0 Å². The van der Waals surface area contributed by atoms with Crippen LogP contribution in [-0.4, -0.2) is 61.0 Å². The molecule has 2 heterocycles. The number of amides is 1. The molecule has 5 heteroatoms. The fourth-order valence-corrected chi connectivity index (χ4v) is 4.48. The highest BCUT2D eigenvalue weighted by Gasteiger charge is 2.39. The summed E-state index contributed by atoms with van der Waals surface area (Å²) in [4.78, 5) is 18.2. The van der Waals surface area contributed by atoms with Gasteiger partial charge >= 0.3 is 0 Å². The van der Waals surface area contributed by atoms with Gasteiger partial charge in [-0.25, -0.2) is 0 Å². The molecule has 1 aliphatic carbocycles. The van der Waals surface area contributed by atoms with Gasteiger partial charge in [0.05, 0.1) is 4.88 Å². The predicted octanol–water partition coefficient (Wildman–Crippen LogP) is 2.43. The number of nitrogens with zero attached hydrogens (tertiary/aromatic N) is 2. The van der Waals surface area contributed by atoms with E-state index in [4.69, 9.17) is 0 Å². The summed E-state index contributed by atoms with van der Waals surface area (Å²) in [5.41, 5.74) is 0.187. The first-order valence-corrected chi connectivity index (χ1v) is 9.33. The van der Waals surface area contributed by atoms with Crippen LogP contribution in [0.2, 0.25) is 0 Å². The van der Waals surface area contributed by atoms with E-state index in [0.29, 0.717) is 0 Å². The second-order valence-corrected chi connectivity index (χ2v) is 7.68. The summed E-state index contributed by atoms with van der Waals surface area (Å²) < 4.78 is 0. The molecule has 0 bridgehead atoms. The molecular formula is C17H27N3OS. The smallest absolute Gasteiger partial charge is 0.261 e. The fourth-order valence-electron chi connectivity index (χ4n) is 3.84. The van der Waals surface area contributed by atoms with Gasteiger partial charge in [-0.15, -0.1) is 11.3 Å². The third-order valence-electron chi connectivity index (χ3n) is 5.28. The highest BCUT2D eigenvalue weighted by molar-refractivity contribution is 7.12. The van der Waals surface area contributed by atoms with Gasteiger partial charge in [-0.1, -0.05) is 25.3 Å². The van der Waals surface area contributed by atoms with Crippen molar-refractivity contribution in [3.8, 4) is 0 Å². The second-order valence-electron chi connectivity index (χ2n) is 6.74. The van der Waals surface area contributed by atoms with Crippen molar-refractivity contribution in [2.24, 2.45) is 0 Å². The largest absolute Gasteiger partial charge is 0.349 e. The lowest BCUT2D eigenvalue weighted by molar-refractivity contribution is 0.0139. The van der Waals surface area contributed by atoms with Gasteiger partial charge in [0.1, 0.15) is 0 Å². The normalized spacial score (nSPS) is 23.3. The first-order chi connectivity index (χ1) is 10.7. The molecule has 1 aliphatic heterocycles. The Labute approximate surface area is 137 Å². The van der Waals surface area contributed by atoms with Crippen molar-refractivity contribution in [1.29, 1.82) is 0 Å². The predicted molar refractivity (Wildman–Crippen MR) is 91.5 cm³/mol. The third kappa shape index (κ3) is 3.53. The molecule has 0 radical (unpaired) electrons. The Balaban J connectivity index is 1.65. The molecule has 122 valence electrons. The zero-order valence-corrected chi connectivity index (χ0v) is 14.3. The van der Waals surface area contributed by atoms with E-state index in [1.807, 2.05) is 17.5 Å². The Morgan fingerprint density at radius 2 is 1.95 bits per heavy atom. The van der Waals surface area contributed by atoms with Crippen molar-refractivity contribution in [2.45, 2.75) is 37.6 Å². The maximum atomic E-state index is 12.3. The topological polar surface area (TPSA) is 35.6 Å². The van der Waals surface area contributed by atoms with Crippen molar-refractivity contribution >= 4 is 17.2 Å². The lowest BCUT2D eigenvalue weighted by Crippen LogP contribution is -2.61. The molecule has 1 amide bonds. The van der Waals surface area contributed by atoms with Crippen LogP contribution in [0, 0.1) is 0 Å². The molecule has 1 N–H and O–H groups in total. The van der Waals surface area contributed by atoms with E-state index in [-0.39, 0.29) is 11.4 Å². The van der Waals surface area contributed by atoms with Crippen LogP contribution in [-0.2, 0) is 0 Å². The monoisotopic (exact) mass is 321 g/mol. The fraction of sp³-hybridized carbons (Fsp3) is 0.706. The zero-order valence-electron chi connectivity index (χ0n) is 13.5. The Hall–Kier alpha value is -0.910. The van der Waals surface area contributed by atoms with E-state index in [2.05, 4.69) is 22.2 Å². The zero-order chi connectivity index (χ0) is 15.4. The minimum absolute atomic E-state index is 0.0917. The Kier molecular flexibility index (Phi) is 5.16. The van der Waals surface area contributed by atoms with E-state index in [1.165, 1.54) is 43.4 Å². The van der Waals surface area contributed by atoms with Gasteiger partial charge in [0, 0.05) is 38.3 Å². The molecule has 3 rings (SSSR count). The number of likely N-dealkylation sites (N-methyl/N-ethyl adjacent to an activating group) is 1. The highest BCUT2D eigenvalue weighted by atomic mass is 32.1. The van der Waals surface area contributed by atoms with E-state index in [0.717, 1.165) is 37.6 Å². The highest BCUT2D eigenvalue weighted by Crippen LogP contribution is 2.34. The van der Waals surface area contributed by atoms with E-state index < -0.39 is 0 Å². The van der Waals surface area contributed by atoms with Crippen LogP contribution in [0.1, 0.15) is 41.8 Å². The van der Waals surface area contributed by atoms with Crippen LogP contribution in [0.3, 0.4) is 0 Å². The summed E-state index contributed by atoms with van der Waals surface area (Å²) in [7, 11) is 2.20. The minimum Gasteiger partial charge on any atom is -0.349 e. The molecule has 0 aromatic carbocycles. The number of rotatable bonds is 4. The SMILES string of the molecule is CN1CCN(C2(CNC(=O)c3cccs3)CCCCC2)CC1. The standard InChI is InChI=1S/C17H27N3OS/c1-19-9-11-20(12-10-19)17(7-3-2-4-8-17)14-18-16(21)15-6-5-13-22-15/h5-6,13H,2-4,7-12,14H2,1H3,(H,18,21). The summed E-state index contributed by atoms with van der Waals surface area (Å²) in [6.07, 6.45) is 6.37. The van der Waals surface area contributed by atoms with Gasteiger partial charge in [-0.2, -0.15) is 0 Å². The molecule has 1 saturated heterocycles. The first kappa shape index (κ1) is 16.0. The molecule has 2 fully saturated rings. The van der Waals surface area contributed by atoms with Crippen molar-refractivity contribution in [3.05, 3.63) is 22.4 Å². The van der Waals surface area contributed by atoms with Crippen LogP contribution < -0.4 is 5.32 Å². The van der Waals surface area contributed by atoms with Crippen LogP contribution >= 0.6 is 11.3 Å². The number of piperazine rings is 1. The quantitative estimate of drug-likeness (QED) is 0.925. The van der Waals surface area contributed by atoms with Gasteiger partial charge in [0.2, 0.25) is 0 Å². The van der Waals surface area contributed by atoms with Crippen LogP contribution in [0.25, 0.3) is 0 Å². The van der Waals surface area contributed by atoms with Gasteiger partial charge < -0.3 is 10.2 Å². The molecule has 0 spiro atoms. The van der Waals surface area contributed by atoms with E-state index >= 15 is 0 Å². The summed E-state index contributed by atoms with van der Waals surface area (Å²) in [6, 6.07) is 3.85. The Morgan fingerprint density at radius 3 is 2.59 bits per heavy atom. The van der Waals surface area contributed by atoms with Crippen molar-refractivity contribution in [3.63, 3.8) is 0 Å². The molecular weight excluding hydrogens is 294 g/mol. The van der Waals surface area contributed by atoms with Crippen molar-refractivity contribution in [1.82, 2.24) is 15.1 Å². The molecule has 1 saturated carbocycles. The Morgan fingerprint density at radius 1 is 1.23 bits per heavy atom. The Bertz CT molecular complexity index is 474. The third-order valence-corrected chi connectivity index (χ3v) is 6.15. The number of nitrogens with one attached hydrogen (secondary N) is 1.